The number of benzene rings is 2. The Morgan fingerprint density at radius 3 is 2.59 bits per heavy atom. The maximum Gasteiger partial charge on any atom is 0.248 e. The van der Waals surface area contributed by atoms with E-state index in [4.69, 9.17) is 9.47 Å². The zero-order chi connectivity index (χ0) is 15.8. The summed E-state index contributed by atoms with van der Waals surface area (Å²) in [6.45, 7) is 0.212. The minimum absolute atomic E-state index is 0.188. The van der Waals surface area contributed by atoms with Crippen molar-refractivity contribution in [1.29, 1.82) is 0 Å². The fourth-order valence-corrected chi connectivity index (χ4v) is 2.09. The van der Waals surface area contributed by atoms with Gasteiger partial charge < -0.3 is 14.8 Å². The number of hydrogen-bond donors (Lipinski definition) is 1. The molecule has 22 heavy (non-hydrogen) atoms. The molecule has 0 heterocycles. The molecule has 114 valence electrons. The summed E-state index contributed by atoms with van der Waals surface area (Å²) in [4.78, 5) is 11.9. The van der Waals surface area contributed by atoms with Crippen molar-refractivity contribution in [3.63, 3.8) is 0 Å². The van der Waals surface area contributed by atoms with Crippen LogP contribution < -0.4 is 10.1 Å². The third-order valence-corrected chi connectivity index (χ3v) is 3.47. The van der Waals surface area contributed by atoms with Gasteiger partial charge in [-0.25, -0.2) is 0 Å². The molecule has 0 fully saturated rings. The maximum atomic E-state index is 11.9. The normalized spacial score (nSPS) is 10.6. The van der Waals surface area contributed by atoms with Crippen LogP contribution >= 0.6 is 15.9 Å². The molecule has 5 heteroatoms. The first kappa shape index (κ1) is 16.3. The molecule has 0 radical (unpaired) electrons. The number of para-hydroxylation sites is 1. The predicted molar refractivity (Wildman–Crippen MR) is 90.8 cm³/mol. The summed E-state index contributed by atoms with van der Waals surface area (Å²) in [5.41, 5.74) is 1.65. The molecule has 0 aliphatic heterocycles. The molecule has 0 aromatic heterocycles. The van der Waals surface area contributed by atoms with E-state index in [0.29, 0.717) is 0 Å². The van der Waals surface area contributed by atoms with E-state index in [1.54, 1.807) is 13.2 Å². The molecule has 1 amide bonds. The van der Waals surface area contributed by atoms with Crippen molar-refractivity contribution in [1.82, 2.24) is 0 Å². The Bertz CT molecular complexity index is 653. The van der Waals surface area contributed by atoms with Crippen LogP contribution in [0.25, 0.3) is 6.08 Å². The quantitative estimate of drug-likeness (QED) is 0.622. The standard InChI is InChI=1S/C17H16BrNO3/c1-21-12-22-14-9-6-13(7-10-14)8-11-17(20)19-16-5-3-2-4-15(16)18/h2-11H,12H2,1H3,(H,19,20)/b11-8+. The molecule has 2 aromatic carbocycles. The van der Waals surface area contributed by atoms with Crippen LogP contribution in [0.4, 0.5) is 5.69 Å². The monoisotopic (exact) mass is 361 g/mol. The van der Waals surface area contributed by atoms with Crippen LogP contribution in [0.15, 0.2) is 59.1 Å². The fraction of sp³-hybridized carbons (Fsp3) is 0.118. The van der Waals surface area contributed by atoms with Gasteiger partial charge in [0.15, 0.2) is 6.79 Å². The van der Waals surface area contributed by atoms with E-state index in [1.165, 1.54) is 6.08 Å². The number of rotatable bonds is 6. The summed E-state index contributed by atoms with van der Waals surface area (Å²) in [5.74, 6) is 0.531. The summed E-state index contributed by atoms with van der Waals surface area (Å²) in [6, 6.07) is 14.8. The minimum Gasteiger partial charge on any atom is -0.468 e. The third-order valence-electron chi connectivity index (χ3n) is 2.78. The molecule has 2 rings (SSSR count). The van der Waals surface area contributed by atoms with Crippen LogP contribution in [-0.4, -0.2) is 19.8 Å². The molecule has 0 aliphatic carbocycles. The van der Waals surface area contributed by atoms with E-state index in [9.17, 15) is 4.79 Å². The van der Waals surface area contributed by atoms with Gasteiger partial charge in [-0.3, -0.25) is 4.79 Å². The van der Waals surface area contributed by atoms with Crippen molar-refractivity contribution in [2.24, 2.45) is 0 Å². The number of anilines is 1. The SMILES string of the molecule is COCOc1ccc(/C=C/C(=O)Nc2ccccc2Br)cc1. The first-order chi connectivity index (χ1) is 10.7. The maximum absolute atomic E-state index is 11.9. The molecule has 0 spiro atoms. The van der Waals surface area contributed by atoms with Crippen LogP contribution in [0.2, 0.25) is 0 Å². The lowest BCUT2D eigenvalue weighted by molar-refractivity contribution is -0.111. The van der Waals surface area contributed by atoms with Gasteiger partial charge in [-0.2, -0.15) is 0 Å². The number of ether oxygens (including phenoxy) is 2. The van der Waals surface area contributed by atoms with Crippen LogP contribution in [-0.2, 0) is 9.53 Å². The predicted octanol–water partition coefficient (Wildman–Crippen LogP) is 4.08. The molecule has 0 saturated heterocycles. The highest BCUT2D eigenvalue weighted by atomic mass is 79.9. The van der Waals surface area contributed by atoms with E-state index in [1.807, 2.05) is 48.5 Å². The van der Waals surface area contributed by atoms with Gasteiger partial charge in [0.1, 0.15) is 5.75 Å². The van der Waals surface area contributed by atoms with Crippen LogP contribution in [0.1, 0.15) is 5.56 Å². The van der Waals surface area contributed by atoms with Crippen molar-refractivity contribution in [2.45, 2.75) is 0 Å². The van der Waals surface area contributed by atoms with Gasteiger partial charge in [0.05, 0.1) is 5.69 Å². The summed E-state index contributed by atoms with van der Waals surface area (Å²) in [7, 11) is 1.57. The third kappa shape index (κ3) is 5.02. The first-order valence-corrected chi connectivity index (χ1v) is 7.44. The number of nitrogens with one attached hydrogen (secondary N) is 1. The van der Waals surface area contributed by atoms with E-state index in [-0.39, 0.29) is 12.7 Å². The Morgan fingerprint density at radius 1 is 1.18 bits per heavy atom. The van der Waals surface area contributed by atoms with Crippen molar-refractivity contribution < 1.29 is 14.3 Å². The number of carbonyl (C=O) groups is 1. The summed E-state index contributed by atoms with van der Waals surface area (Å²) >= 11 is 3.39. The first-order valence-electron chi connectivity index (χ1n) is 6.64. The summed E-state index contributed by atoms with van der Waals surface area (Å²) in [5, 5.41) is 2.81. The van der Waals surface area contributed by atoms with Crippen molar-refractivity contribution in [3.8, 4) is 5.75 Å². The number of hydrogen-bond acceptors (Lipinski definition) is 3. The average molecular weight is 362 g/mol. The fourth-order valence-electron chi connectivity index (χ4n) is 1.71. The van der Waals surface area contributed by atoms with Gasteiger partial charge in [0, 0.05) is 17.7 Å². The van der Waals surface area contributed by atoms with Gasteiger partial charge in [-0.05, 0) is 51.8 Å². The van der Waals surface area contributed by atoms with E-state index in [2.05, 4.69) is 21.2 Å². The molecule has 0 aliphatic rings. The Hall–Kier alpha value is -2.11. The summed E-state index contributed by atoms with van der Waals surface area (Å²) < 4.78 is 11.0. The molecule has 0 atom stereocenters. The van der Waals surface area contributed by atoms with Crippen molar-refractivity contribution in [2.75, 3.05) is 19.2 Å². The van der Waals surface area contributed by atoms with Crippen LogP contribution in [0.5, 0.6) is 5.75 Å². The largest absolute Gasteiger partial charge is 0.468 e. The van der Waals surface area contributed by atoms with E-state index in [0.717, 1.165) is 21.5 Å². The lowest BCUT2D eigenvalue weighted by atomic mass is 10.2. The molecular weight excluding hydrogens is 346 g/mol. The van der Waals surface area contributed by atoms with Crippen molar-refractivity contribution in [3.05, 3.63) is 64.6 Å². The van der Waals surface area contributed by atoms with Gasteiger partial charge >= 0.3 is 0 Å². The second-order valence-corrected chi connectivity index (χ2v) is 5.28. The van der Waals surface area contributed by atoms with Crippen LogP contribution in [0.3, 0.4) is 0 Å². The molecule has 4 nitrogen and oxygen atoms in total. The second kappa shape index (κ2) is 8.36. The smallest absolute Gasteiger partial charge is 0.248 e. The molecule has 0 unspecified atom stereocenters. The molecular formula is C17H16BrNO3. The Labute approximate surface area is 137 Å². The Morgan fingerprint density at radius 2 is 1.91 bits per heavy atom. The topological polar surface area (TPSA) is 47.6 Å². The van der Waals surface area contributed by atoms with E-state index < -0.39 is 0 Å². The van der Waals surface area contributed by atoms with Gasteiger partial charge in [-0.1, -0.05) is 24.3 Å². The molecule has 0 saturated carbocycles. The number of halogens is 1. The lowest BCUT2D eigenvalue weighted by Gasteiger charge is -2.05. The van der Waals surface area contributed by atoms with Gasteiger partial charge in [0.25, 0.3) is 0 Å². The molecule has 0 bridgehead atoms. The van der Waals surface area contributed by atoms with Crippen LogP contribution in [0, 0.1) is 0 Å². The Kier molecular flexibility index (Phi) is 6.18. The number of methoxy groups -OCH3 is 1. The highest BCUT2D eigenvalue weighted by Crippen LogP contribution is 2.21. The lowest BCUT2D eigenvalue weighted by Crippen LogP contribution is -2.08. The van der Waals surface area contributed by atoms with Gasteiger partial charge in [0.2, 0.25) is 5.91 Å². The second-order valence-electron chi connectivity index (χ2n) is 4.42. The summed E-state index contributed by atoms with van der Waals surface area (Å²) in [6.07, 6.45) is 3.23. The van der Waals surface area contributed by atoms with Crippen molar-refractivity contribution >= 4 is 33.6 Å². The zero-order valence-electron chi connectivity index (χ0n) is 12.1. The van der Waals surface area contributed by atoms with E-state index >= 15 is 0 Å². The number of amides is 1. The van der Waals surface area contributed by atoms with Gasteiger partial charge in [-0.15, -0.1) is 0 Å². The minimum atomic E-state index is -0.188. The average Bonchev–Trinajstić information content (AvgIpc) is 2.54. The number of carbonyl (C=O) groups excluding carboxylic acids is 1. The Balaban J connectivity index is 1.93. The molecule has 2 aromatic rings. The zero-order valence-corrected chi connectivity index (χ0v) is 13.7. The highest BCUT2D eigenvalue weighted by Gasteiger charge is 2.01. The highest BCUT2D eigenvalue weighted by molar-refractivity contribution is 9.10. The molecule has 1 N–H and O–H groups in total.